The molecule has 0 radical (unpaired) electrons. The summed E-state index contributed by atoms with van der Waals surface area (Å²) in [6.07, 6.45) is -5.25. The second kappa shape index (κ2) is 8.52. The summed E-state index contributed by atoms with van der Waals surface area (Å²) in [4.78, 5) is 27.3. The van der Waals surface area contributed by atoms with Gasteiger partial charge in [-0.05, 0) is 29.8 Å². The number of halogens is 3. The largest absolute Gasteiger partial charge is 0.417 e. The van der Waals surface area contributed by atoms with Crippen LogP contribution in [0.2, 0.25) is 0 Å². The number of esters is 1. The van der Waals surface area contributed by atoms with E-state index in [1.807, 2.05) is 4.90 Å². The van der Waals surface area contributed by atoms with Crippen LogP contribution in [0.1, 0.15) is 21.5 Å². The lowest BCUT2D eigenvalue weighted by atomic mass is 10.1. The van der Waals surface area contributed by atoms with Crippen molar-refractivity contribution in [1.29, 1.82) is 0 Å². The number of ether oxygens (including phenoxy) is 1. The molecule has 2 N–H and O–H groups in total. The van der Waals surface area contributed by atoms with Crippen LogP contribution in [0.25, 0.3) is 0 Å². The van der Waals surface area contributed by atoms with Gasteiger partial charge in [0.25, 0.3) is 0 Å². The number of benzene rings is 2. The summed E-state index contributed by atoms with van der Waals surface area (Å²) < 4.78 is 44.6. The Bertz CT molecular complexity index is 880. The van der Waals surface area contributed by atoms with Crippen LogP contribution in [0.5, 0.6) is 0 Å². The van der Waals surface area contributed by atoms with Crippen LogP contribution in [0, 0.1) is 0 Å². The van der Waals surface area contributed by atoms with Crippen molar-refractivity contribution in [2.75, 3.05) is 31.9 Å². The fourth-order valence-corrected chi connectivity index (χ4v) is 3.10. The molecule has 0 saturated carbocycles. The van der Waals surface area contributed by atoms with Gasteiger partial charge in [-0.15, -0.1) is 0 Å². The zero-order valence-electron chi connectivity index (χ0n) is 15.5. The molecule has 1 fully saturated rings. The first-order chi connectivity index (χ1) is 13.7. The maximum Gasteiger partial charge on any atom is 0.417 e. The van der Waals surface area contributed by atoms with E-state index >= 15 is 0 Å². The van der Waals surface area contributed by atoms with E-state index in [-0.39, 0.29) is 36.4 Å². The number of nitrogen functional groups attached to an aromatic ring is 1. The summed E-state index contributed by atoms with van der Waals surface area (Å²) in [5.41, 5.74) is 5.18. The van der Waals surface area contributed by atoms with E-state index in [9.17, 15) is 22.8 Å². The lowest BCUT2D eigenvalue weighted by molar-refractivity contribution is -0.138. The Morgan fingerprint density at radius 3 is 2.28 bits per heavy atom. The first kappa shape index (κ1) is 20.7. The zero-order valence-corrected chi connectivity index (χ0v) is 15.5. The van der Waals surface area contributed by atoms with Crippen molar-refractivity contribution in [3.8, 4) is 0 Å². The molecule has 0 bridgehead atoms. The SMILES string of the molecule is Nc1ccc(CN2CCN(C(=O)OC(=O)c3ccccc3)CC2)c(C(F)(F)F)c1. The van der Waals surface area contributed by atoms with E-state index in [1.165, 1.54) is 17.0 Å². The molecule has 1 aliphatic rings. The number of nitrogens with two attached hydrogens (primary N) is 1. The number of carbonyl (C=O) groups is 2. The van der Waals surface area contributed by atoms with Gasteiger partial charge >= 0.3 is 18.2 Å². The maximum atomic E-state index is 13.2. The number of hydrogen-bond donors (Lipinski definition) is 1. The van der Waals surface area contributed by atoms with Gasteiger partial charge in [0.15, 0.2) is 0 Å². The quantitative estimate of drug-likeness (QED) is 0.480. The van der Waals surface area contributed by atoms with E-state index < -0.39 is 23.8 Å². The van der Waals surface area contributed by atoms with Crippen LogP contribution in [0.4, 0.5) is 23.7 Å². The van der Waals surface area contributed by atoms with Gasteiger partial charge in [-0.1, -0.05) is 24.3 Å². The van der Waals surface area contributed by atoms with Crippen molar-refractivity contribution < 1.29 is 27.5 Å². The third-order valence-electron chi connectivity index (χ3n) is 4.65. The minimum absolute atomic E-state index is 0.0525. The normalized spacial score (nSPS) is 15.2. The number of alkyl halides is 3. The van der Waals surface area contributed by atoms with E-state index in [2.05, 4.69) is 0 Å². The molecule has 9 heteroatoms. The lowest BCUT2D eigenvalue weighted by Gasteiger charge is -2.34. The van der Waals surface area contributed by atoms with Gasteiger partial charge < -0.3 is 15.4 Å². The monoisotopic (exact) mass is 407 g/mol. The highest BCUT2D eigenvalue weighted by Gasteiger charge is 2.34. The average molecular weight is 407 g/mol. The summed E-state index contributed by atoms with van der Waals surface area (Å²) in [7, 11) is 0. The summed E-state index contributed by atoms with van der Waals surface area (Å²) in [6, 6.07) is 11.9. The maximum absolute atomic E-state index is 13.2. The number of anilines is 1. The molecule has 0 spiro atoms. The van der Waals surface area contributed by atoms with Gasteiger partial charge in [-0.2, -0.15) is 13.2 Å². The molecule has 1 amide bonds. The molecule has 0 aliphatic carbocycles. The molecule has 2 aromatic carbocycles. The number of hydrogen-bond acceptors (Lipinski definition) is 5. The highest BCUT2D eigenvalue weighted by atomic mass is 19.4. The van der Waals surface area contributed by atoms with Crippen LogP contribution >= 0.6 is 0 Å². The molecular weight excluding hydrogens is 387 g/mol. The molecule has 6 nitrogen and oxygen atoms in total. The predicted molar refractivity (Wildman–Crippen MR) is 100.0 cm³/mol. The van der Waals surface area contributed by atoms with Crippen LogP contribution in [-0.4, -0.2) is 48.0 Å². The fourth-order valence-electron chi connectivity index (χ4n) is 3.10. The van der Waals surface area contributed by atoms with Crippen LogP contribution in [0.3, 0.4) is 0 Å². The Morgan fingerprint density at radius 2 is 1.66 bits per heavy atom. The molecule has 154 valence electrons. The summed E-state index contributed by atoms with van der Waals surface area (Å²) in [6.45, 7) is 1.29. The number of nitrogens with zero attached hydrogens (tertiary/aromatic N) is 2. The third kappa shape index (κ3) is 5.26. The summed E-state index contributed by atoms with van der Waals surface area (Å²) in [5.74, 6) is -0.741. The second-order valence-corrected chi connectivity index (χ2v) is 6.70. The summed E-state index contributed by atoms with van der Waals surface area (Å²) in [5, 5.41) is 0. The Hall–Kier alpha value is -3.07. The van der Waals surface area contributed by atoms with E-state index in [0.717, 1.165) is 6.07 Å². The molecule has 0 unspecified atom stereocenters. The number of amides is 1. The minimum atomic E-state index is -4.49. The molecular formula is C20H20F3N3O3. The molecule has 1 heterocycles. The molecule has 0 atom stereocenters. The average Bonchev–Trinajstić information content (AvgIpc) is 2.69. The first-order valence-corrected chi connectivity index (χ1v) is 8.98. The predicted octanol–water partition coefficient (Wildman–Crippen LogP) is 3.38. The van der Waals surface area contributed by atoms with Gasteiger partial charge in [0.05, 0.1) is 11.1 Å². The van der Waals surface area contributed by atoms with Crippen molar-refractivity contribution in [2.24, 2.45) is 0 Å². The Morgan fingerprint density at radius 1 is 1.00 bits per heavy atom. The van der Waals surface area contributed by atoms with Gasteiger partial charge in [-0.3, -0.25) is 4.90 Å². The Balaban J connectivity index is 1.56. The number of piperazine rings is 1. The summed E-state index contributed by atoms with van der Waals surface area (Å²) >= 11 is 0. The molecule has 1 aliphatic heterocycles. The van der Waals surface area contributed by atoms with Crippen molar-refractivity contribution in [1.82, 2.24) is 9.80 Å². The van der Waals surface area contributed by atoms with Gasteiger partial charge in [0, 0.05) is 38.4 Å². The van der Waals surface area contributed by atoms with E-state index in [0.29, 0.717) is 13.1 Å². The molecule has 0 aromatic heterocycles. The smallest absolute Gasteiger partial charge is 0.399 e. The Kier molecular flexibility index (Phi) is 6.07. The van der Waals surface area contributed by atoms with Gasteiger partial charge in [0.2, 0.25) is 0 Å². The van der Waals surface area contributed by atoms with E-state index in [1.54, 1.807) is 30.3 Å². The highest BCUT2D eigenvalue weighted by Crippen LogP contribution is 2.34. The number of rotatable bonds is 3. The fraction of sp³-hybridized carbons (Fsp3) is 0.300. The highest BCUT2D eigenvalue weighted by molar-refractivity contribution is 5.96. The van der Waals surface area contributed by atoms with Crippen molar-refractivity contribution >= 4 is 17.7 Å². The van der Waals surface area contributed by atoms with Crippen LogP contribution < -0.4 is 5.73 Å². The topological polar surface area (TPSA) is 75.9 Å². The van der Waals surface area contributed by atoms with Crippen LogP contribution in [0.15, 0.2) is 48.5 Å². The van der Waals surface area contributed by atoms with Crippen molar-refractivity contribution in [3.05, 3.63) is 65.2 Å². The standard InChI is InChI=1S/C20H20F3N3O3/c21-20(22,23)17-12-16(24)7-6-15(17)13-25-8-10-26(11-9-25)19(28)29-18(27)14-4-2-1-3-5-14/h1-7,12H,8-11,13,24H2. The van der Waals surface area contributed by atoms with Crippen LogP contribution in [-0.2, 0) is 17.5 Å². The van der Waals surface area contributed by atoms with Gasteiger partial charge in [0.1, 0.15) is 0 Å². The molecule has 29 heavy (non-hydrogen) atoms. The van der Waals surface area contributed by atoms with Gasteiger partial charge in [-0.25, -0.2) is 9.59 Å². The van der Waals surface area contributed by atoms with Crippen molar-refractivity contribution in [2.45, 2.75) is 12.7 Å². The molecule has 1 saturated heterocycles. The number of carbonyl (C=O) groups excluding carboxylic acids is 2. The van der Waals surface area contributed by atoms with Crippen molar-refractivity contribution in [3.63, 3.8) is 0 Å². The third-order valence-corrected chi connectivity index (χ3v) is 4.65. The molecule has 2 aromatic rings. The second-order valence-electron chi connectivity index (χ2n) is 6.70. The minimum Gasteiger partial charge on any atom is -0.399 e. The zero-order chi connectivity index (χ0) is 21.0. The molecule has 3 rings (SSSR count). The first-order valence-electron chi connectivity index (χ1n) is 8.98. The lowest BCUT2D eigenvalue weighted by Crippen LogP contribution is -2.48. The Labute approximate surface area is 165 Å². The van der Waals surface area contributed by atoms with E-state index in [4.69, 9.17) is 10.5 Å².